The summed E-state index contributed by atoms with van der Waals surface area (Å²) >= 11 is 0. The van der Waals surface area contributed by atoms with E-state index >= 15 is 0 Å². The molecule has 0 radical (unpaired) electrons. The fourth-order valence-electron chi connectivity index (χ4n) is 4.11. The van der Waals surface area contributed by atoms with E-state index in [1.165, 1.54) is 0 Å². The van der Waals surface area contributed by atoms with E-state index in [0.717, 1.165) is 61.7 Å². The highest BCUT2D eigenvalue weighted by Crippen LogP contribution is 2.33. The maximum Gasteiger partial charge on any atom is 0.231 e. The van der Waals surface area contributed by atoms with Gasteiger partial charge in [0.05, 0.1) is 25.2 Å². The van der Waals surface area contributed by atoms with Crippen molar-refractivity contribution in [3.05, 3.63) is 24.5 Å². The van der Waals surface area contributed by atoms with Crippen LogP contribution in [-0.4, -0.2) is 70.6 Å². The third-order valence-electron chi connectivity index (χ3n) is 5.81. The zero-order chi connectivity index (χ0) is 21.2. The van der Waals surface area contributed by atoms with Gasteiger partial charge < -0.3 is 35.1 Å². The Morgan fingerprint density at radius 3 is 2.87 bits per heavy atom. The first-order valence-corrected chi connectivity index (χ1v) is 10.6. The van der Waals surface area contributed by atoms with Gasteiger partial charge in [-0.05, 0) is 31.4 Å². The minimum absolute atomic E-state index is 0.278. The zero-order valence-electron chi connectivity index (χ0n) is 17.5. The van der Waals surface area contributed by atoms with Gasteiger partial charge in [-0.15, -0.1) is 0 Å². The number of aliphatic hydroxyl groups excluding tert-OH is 1. The number of hydrogen-bond donors (Lipinski definition) is 4. The molecular weight excluding hydrogens is 398 g/mol. The quantitative estimate of drug-likeness (QED) is 0.471. The van der Waals surface area contributed by atoms with Crippen LogP contribution in [0.25, 0.3) is 11.2 Å². The molecule has 2 saturated heterocycles. The summed E-state index contributed by atoms with van der Waals surface area (Å²) in [6, 6.07) is 6.22. The van der Waals surface area contributed by atoms with Crippen molar-refractivity contribution in [1.29, 1.82) is 0 Å². The van der Waals surface area contributed by atoms with E-state index < -0.39 is 0 Å². The molecular formula is C21H27N7O3. The number of β-amino-alcohol motifs (C(OH)–C–C–N with tert-alkyl or cyclic N) is 1. The summed E-state index contributed by atoms with van der Waals surface area (Å²) in [6.45, 7) is 2.96. The Labute approximate surface area is 180 Å². The molecule has 0 saturated carbocycles. The molecule has 31 heavy (non-hydrogen) atoms. The van der Waals surface area contributed by atoms with Gasteiger partial charge in [-0.2, -0.15) is 9.97 Å². The van der Waals surface area contributed by atoms with Gasteiger partial charge in [-0.1, -0.05) is 0 Å². The second-order valence-corrected chi connectivity index (χ2v) is 7.93. The molecule has 0 spiro atoms. The van der Waals surface area contributed by atoms with E-state index in [1.807, 2.05) is 18.2 Å². The maximum atomic E-state index is 9.83. The smallest absolute Gasteiger partial charge is 0.231 e. The first-order chi connectivity index (χ1) is 15.2. The van der Waals surface area contributed by atoms with Crippen LogP contribution in [0.5, 0.6) is 5.75 Å². The van der Waals surface area contributed by atoms with Gasteiger partial charge in [0.25, 0.3) is 0 Å². The average molecular weight is 425 g/mol. The molecule has 1 aromatic carbocycles. The van der Waals surface area contributed by atoms with Crippen molar-refractivity contribution < 1.29 is 14.6 Å². The van der Waals surface area contributed by atoms with Crippen LogP contribution in [0.4, 0.5) is 23.1 Å². The zero-order valence-corrected chi connectivity index (χ0v) is 17.5. The first kappa shape index (κ1) is 19.8. The number of aromatic amines is 1. The molecule has 4 heterocycles. The van der Waals surface area contributed by atoms with Crippen molar-refractivity contribution in [1.82, 2.24) is 19.9 Å². The van der Waals surface area contributed by atoms with Gasteiger partial charge in [0.1, 0.15) is 11.3 Å². The van der Waals surface area contributed by atoms with Crippen LogP contribution >= 0.6 is 0 Å². The Morgan fingerprint density at radius 1 is 1.23 bits per heavy atom. The molecule has 4 N–H and O–H groups in total. The highest BCUT2D eigenvalue weighted by atomic mass is 16.5. The number of methoxy groups -OCH3 is 1. The molecule has 0 bridgehead atoms. The van der Waals surface area contributed by atoms with E-state index in [9.17, 15) is 5.11 Å². The van der Waals surface area contributed by atoms with E-state index in [4.69, 9.17) is 14.5 Å². The Bertz CT molecular complexity index is 1050. The summed E-state index contributed by atoms with van der Waals surface area (Å²) in [6.07, 6.45) is 3.99. The SMILES string of the molecule is COc1cc(N2CCC(O)C2)ccc1Nc1nc(NC2CCOCC2)c2[nH]cnc2n1. The Hall–Kier alpha value is -3.11. The van der Waals surface area contributed by atoms with E-state index in [0.29, 0.717) is 29.9 Å². The lowest BCUT2D eigenvalue weighted by molar-refractivity contribution is 0.0904. The minimum atomic E-state index is -0.278. The standard InChI is InChI=1S/C21H27N7O3/c1-30-17-10-14(28-7-4-15(29)11-28)2-3-16(17)25-21-26-19-18(22-12-23-19)20(27-21)24-13-5-8-31-9-6-13/h2-3,10,12-13,15,29H,4-9,11H2,1H3,(H3,22,23,24,25,26,27). The van der Waals surface area contributed by atoms with Gasteiger partial charge in [-0.25, -0.2) is 4.98 Å². The predicted octanol–water partition coefficient (Wildman–Crippen LogP) is 2.27. The van der Waals surface area contributed by atoms with Crippen LogP contribution < -0.4 is 20.3 Å². The summed E-state index contributed by atoms with van der Waals surface area (Å²) in [7, 11) is 1.64. The normalized spacial score (nSPS) is 19.7. The molecule has 0 amide bonds. The number of benzene rings is 1. The van der Waals surface area contributed by atoms with Gasteiger partial charge in [0.2, 0.25) is 5.95 Å². The molecule has 0 aliphatic carbocycles. The summed E-state index contributed by atoms with van der Waals surface area (Å²) in [5.41, 5.74) is 3.16. The molecule has 5 rings (SSSR count). The number of imidazole rings is 1. The number of rotatable bonds is 6. The number of nitrogens with one attached hydrogen (secondary N) is 3. The van der Waals surface area contributed by atoms with Gasteiger partial charge in [0, 0.05) is 44.1 Å². The maximum absolute atomic E-state index is 9.83. The summed E-state index contributed by atoms with van der Waals surface area (Å²) in [4.78, 5) is 18.8. The van der Waals surface area contributed by atoms with Crippen molar-refractivity contribution >= 4 is 34.3 Å². The number of aliphatic hydroxyl groups is 1. The van der Waals surface area contributed by atoms with Crippen LogP contribution in [0, 0.1) is 0 Å². The molecule has 2 fully saturated rings. The first-order valence-electron chi connectivity index (χ1n) is 10.6. The number of ether oxygens (including phenoxy) is 2. The molecule has 2 aliphatic rings. The number of H-pyrrole nitrogens is 1. The summed E-state index contributed by atoms with van der Waals surface area (Å²) in [5, 5.41) is 16.6. The van der Waals surface area contributed by atoms with Crippen molar-refractivity contribution in [2.75, 3.05) is 48.9 Å². The minimum Gasteiger partial charge on any atom is -0.494 e. The number of nitrogens with zero attached hydrogens (tertiary/aromatic N) is 4. The Kier molecular flexibility index (Phi) is 5.47. The average Bonchev–Trinajstić information content (AvgIpc) is 3.44. The van der Waals surface area contributed by atoms with Crippen LogP contribution in [0.1, 0.15) is 19.3 Å². The van der Waals surface area contributed by atoms with Crippen molar-refractivity contribution in [3.8, 4) is 5.75 Å². The molecule has 10 nitrogen and oxygen atoms in total. The number of fused-ring (bicyclic) bond motifs is 1. The largest absolute Gasteiger partial charge is 0.494 e. The van der Waals surface area contributed by atoms with Crippen molar-refractivity contribution in [2.24, 2.45) is 0 Å². The van der Waals surface area contributed by atoms with Crippen LogP contribution in [0.3, 0.4) is 0 Å². The van der Waals surface area contributed by atoms with E-state index in [2.05, 4.69) is 30.5 Å². The van der Waals surface area contributed by atoms with Crippen LogP contribution in [-0.2, 0) is 4.74 Å². The topological polar surface area (TPSA) is 120 Å². The molecule has 2 aromatic heterocycles. The fourth-order valence-corrected chi connectivity index (χ4v) is 4.11. The number of aromatic nitrogens is 4. The van der Waals surface area contributed by atoms with Gasteiger partial charge in [0.15, 0.2) is 11.5 Å². The molecule has 10 heteroatoms. The monoisotopic (exact) mass is 425 g/mol. The lowest BCUT2D eigenvalue weighted by Crippen LogP contribution is -2.28. The van der Waals surface area contributed by atoms with Crippen LogP contribution in [0.2, 0.25) is 0 Å². The predicted molar refractivity (Wildman–Crippen MR) is 118 cm³/mol. The molecule has 1 unspecified atom stereocenters. The second-order valence-electron chi connectivity index (χ2n) is 7.93. The number of hydrogen-bond acceptors (Lipinski definition) is 9. The lowest BCUT2D eigenvalue weighted by Gasteiger charge is -2.24. The molecule has 1 atom stereocenters. The van der Waals surface area contributed by atoms with E-state index in [1.54, 1.807) is 13.4 Å². The lowest BCUT2D eigenvalue weighted by atomic mass is 10.1. The van der Waals surface area contributed by atoms with Crippen LogP contribution in [0.15, 0.2) is 24.5 Å². The summed E-state index contributed by atoms with van der Waals surface area (Å²) in [5.74, 6) is 1.85. The van der Waals surface area contributed by atoms with Crippen molar-refractivity contribution in [3.63, 3.8) is 0 Å². The molecule has 164 valence electrons. The number of anilines is 4. The van der Waals surface area contributed by atoms with E-state index in [-0.39, 0.29) is 6.10 Å². The Morgan fingerprint density at radius 2 is 2.10 bits per heavy atom. The molecule has 2 aliphatic heterocycles. The highest BCUT2D eigenvalue weighted by Gasteiger charge is 2.22. The summed E-state index contributed by atoms with van der Waals surface area (Å²) < 4.78 is 11.1. The second kappa shape index (κ2) is 8.56. The third kappa shape index (κ3) is 4.21. The molecule has 3 aromatic rings. The third-order valence-corrected chi connectivity index (χ3v) is 5.81. The van der Waals surface area contributed by atoms with Gasteiger partial charge in [-0.3, -0.25) is 0 Å². The fraction of sp³-hybridized carbons (Fsp3) is 0.476. The Balaban J connectivity index is 1.40. The highest BCUT2D eigenvalue weighted by molar-refractivity contribution is 5.84. The van der Waals surface area contributed by atoms with Crippen molar-refractivity contribution in [2.45, 2.75) is 31.4 Å². The van der Waals surface area contributed by atoms with Gasteiger partial charge >= 0.3 is 0 Å².